The molecule has 1 heterocycles. The Bertz CT molecular complexity index is 1340. The molecular formula is C24H26F3N3O5. The van der Waals surface area contributed by atoms with Crippen molar-refractivity contribution in [3.05, 3.63) is 67.4 Å². The number of carbonyl (C=O) groups excluding carboxylic acids is 1. The number of phenols is 1. The van der Waals surface area contributed by atoms with Crippen LogP contribution in [0.2, 0.25) is 0 Å². The number of nitrogens with zero attached hydrogens (tertiary/aromatic N) is 1. The molecule has 35 heavy (non-hydrogen) atoms. The molecule has 3 aromatic rings. The number of anilines is 3. The topological polar surface area (TPSA) is 112 Å². The molecule has 188 valence electrons. The number of benzene rings is 1. The summed E-state index contributed by atoms with van der Waals surface area (Å²) in [7, 11) is 2.48. The fourth-order valence-electron chi connectivity index (χ4n) is 3.62. The molecule has 1 atom stereocenters. The van der Waals surface area contributed by atoms with E-state index < -0.39 is 51.3 Å². The van der Waals surface area contributed by atoms with Gasteiger partial charge >= 0.3 is 6.18 Å². The summed E-state index contributed by atoms with van der Waals surface area (Å²) in [6.07, 6.45) is -4.91. The summed E-state index contributed by atoms with van der Waals surface area (Å²) >= 11 is 0. The minimum atomic E-state index is -4.91. The standard InChI is InChI=1S/C24H26F3N3O5/c1-11-7-10-14(35-11)21(23(2,3)4)29-17-16(19(32)20(17)33)28-13-9-8-12(24(25,26)27)15(18(13)31)22(34)30(5)6/h7-10,21,28-29,31H,1-6H3/t21-/m0/s1. The number of hydrogen-bond donors (Lipinski definition) is 3. The van der Waals surface area contributed by atoms with E-state index >= 15 is 0 Å². The molecule has 0 saturated carbocycles. The molecule has 11 heteroatoms. The first-order chi connectivity index (χ1) is 16.0. The SMILES string of the molecule is Cc1ccc([C@H](Nc2c(Nc3ccc(C(F)(F)F)c(C(=O)N(C)C)c3O)c(=O)c2=O)C(C)(C)C)o1. The van der Waals surface area contributed by atoms with Gasteiger partial charge in [-0.1, -0.05) is 20.8 Å². The van der Waals surface area contributed by atoms with Crippen molar-refractivity contribution in [3.63, 3.8) is 0 Å². The molecule has 3 N–H and O–H groups in total. The molecule has 0 aliphatic carbocycles. The third-order valence-corrected chi connectivity index (χ3v) is 5.47. The van der Waals surface area contributed by atoms with Gasteiger partial charge in [-0.05, 0) is 36.6 Å². The summed E-state index contributed by atoms with van der Waals surface area (Å²) in [5.74, 6) is -0.910. The number of alkyl halides is 3. The maximum Gasteiger partial charge on any atom is 0.417 e. The van der Waals surface area contributed by atoms with Gasteiger partial charge in [0.25, 0.3) is 16.8 Å². The van der Waals surface area contributed by atoms with Crippen LogP contribution in [0.15, 0.2) is 38.3 Å². The van der Waals surface area contributed by atoms with E-state index in [1.165, 1.54) is 14.1 Å². The van der Waals surface area contributed by atoms with Crippen molar-refractivity contribution < 1.29 is 27.5 Å². The molecule has 2 aromatic carbocycles. The van der Waals surface area contributed by atoms with E-state index in [9.17, 15) is 32.7 Å². The summed E-state index contributed by atoms with van der Waals surface area (Å²) in [6.45, 7) is 7.43. The lowest BCUT2D eigenvalue weighted by Gasteiger charge is -2.31. The van der Waals surface area contributed by atoms with E-state index in [0.29, 0.717) is 17.6 Å². The van der Waals surface area contributed by atoms with Gasteiger partial charge in [0.1, 0.15) is 22.9 Å². The average Bonchev–Trinajstić information content (AvgIpc) is 3.16. The number of aryl methyl sites for hydroxylation is 1. The maximum absolute atomic E-state index is 13.5. The van der Waals surface area contributed by atoms with Crippen molar-refractivity contribution in [3.8, 4) is 5.75 Å². The zero-order valence-corrected chi connectivity index (χ0v) is 20.0. The summed E-state index contributed by atoms with van der Waals surface area (Å²) in [4.78, 5) is 38.0. The maximum atomic E-state index is 13.5. The van der Waals surface area contributed by atoms with Gasteiger partial charge in [-0.3, -0.25) is 14.4 Å². The van der Waals surface area contributed by atoms with Crippen molar-refractivity contribution in [1.82, 2.24) is 4.90 Å². The fraction of sp³-hybridized carbons (Fsp3) is 0.375. The van der Waals surface area contributed by atoms with Crippen molar-refractivity contribution in [2.24, 2.45) is 5.41 Å². The Kier molecular flexibility index (Phi) is 6.49. The molecule has 0 fully saturated rings. The summed E-state index contributed by atoms with van der Waals surface area (Å²) < 4.78 is 46.2. The van der Waals surface area contributed by atoms with Crippen molar-refractivity contribution in [2.75, 3.05) is 24.7 Å². The quantitative estimate of drug-likeness (QED) is 0.341. The lowest BCUT2D eigenvalue weighted by molar-refractivity contribution is -0.138. The molecule has 0 spiro atoms. The molecule has 0 radical (unpaired) electrons. The molecular weight excluding hydrogens is 467 g/mol. The molecule has 0 bridgehead atoms. The smallest absolute Gasteiger partial charge is 0.417 e. The summed E-state index contributed by atoms with van der Waals surface area (Å²) in [5.41, 5.74) is -5.21. The molecule has 8 nitrogen and oxygen atoms in total. The van der Waals surface area contributed by atoms with Crippen LogP contribution in [-0.2, 0) is 6.18 Å². The number of carbonyl (C=O) groups is 1. The first kappa shape index (κ1) is 25.9. The highest BCUT2D eigenvalue weighted by molar-refractivity contribution is 6.00. The van der Waals surface area contributed by atoms with Crippen LogP contribution in [0, 0.1) is 12.3 Å². The molecule has 1 amide bonds. The highest BCUT2D eigenvalue weighted by atomic mass is 19.4. The van der Waals surface area contributed by atoms with Crippen LogP contribution < -0.4 is 21.5 Å². The van der Waals surface area contributed by atoms with Gasteiger partial charge in [-0.2, -0.15) is 13.2 Å². The number of furan rings is 1. The van der Waals surface area contributed by atoms with E-state index in [4.69, 9.17) is 4.42 Å². The summed E-state index contributed by atoms with van der Waals surface area (Å²) in [5, 5.41) is 16.1. The Balaban J connectivity index is 2.05. The Labute approximate surface area is 199 Å². The van der Waals surface area contributed by atoms with E-state index in [1.807, 2.05) is 20.8 Å². The Morgan fingerprint density at radius 3 is 2.11 bits per heavy atom. The Morgan fingerprint density at radius 2 is 1.63 bits per heavy atom. The van der Waals surface area contributed by atoms with Crippen LogP contribution >= 0.6 is 0 Å². The van der Waals surface area contributed by atoms with Crippen LogP contribution in [0.4, 0.5) is 30.2 Å². The van der Waals surface area contributed by atoms with Gasteiger partial charge in [0, 0.05) is 14.1 Å². The lowest BCUT2D eigenvalue weighted by Crippen LogP contribution is -2.39. The first-order valence-corrected chi connectivity index (χ1v) is 10.6. The molecule has 3 rings (SSSR count). The largest absolute Gasteiger partial charge is 0.505 e. The minimum Gasteiger partial charge on any atom is -0.505 e. The number of amides is 1. The highest BCUT2D eigenvalue weighted by Gasteiger charge is 2.39. The second-order valence-electron chi connectivity index (χ2n) is 9.51. The highest BCUT2D eigenvalue weighted by Crippen LogP contribution is 2.42. The third-order valence-electron chi connectivity index (χ3n) is 5.47. The Hall–Kier alpha value is -3.76. The molecule has 0 saturated heterocycles. The van der Waals surface area contributed by atoms with E-state index in [0.717, 1.165) is 11.0 Å². The fourth-order valence-corrected chi connectivity index (χ4v) is 3.62. The van der Waals surface area contributed by atoms with Gasteiger partial charge in [0.2, 0.25) is 0 Å². The van der Waals surface area contributed by atoms with Crippen molar-refractivity contribution in [2.45, 2.75) is 39.9 Å². The zero-order chi connectivity index (χ0) is 26.5. The predicted molar refractivity (Wildman–Crippen MR) is 125 cm³/mol. The van der Waals surface area contributed by atoms with Gasteiger partial charge in [0.05, 0.1) is 22.9 Å². The van der Waals surface area contributed by atoms with Crippen molar-refractivity contribution >= 4 is 23.0 Å². The second kappa shape index (κ2) is 8.79. The molecule has 0 unspecified atom stereocenters. The first-order valence-electron chi connectivity index (χ1n) is 10.6. The normalized spacial score (nSPS) is 13.1. The monoisotopic (exact) mass is 493 g/mol. The number of rotatable bonds is 6. The van der Waals surface area contributed by atoms with Gasteiger partial charge in [-0.25, -0.2) is 0 Å². The van der Waals surface area contributed by atoms with Crippen LogP contribution in [0.5, 0.6) is 5.75 Å². The van der Waals surface area contributed by atoms with Crippen LogP contribution in [0.1, 0.15) is 54.3 Å². The number of nitrogens with one attached hydrogen (secondary N) is 2. The molecule has 0 aliphatic rings. The molecule has 1 aromatic heterocycles. The number of hydrogen-bond acceptors (Lipinski definition) is 7. The number of halogens is 3. The predicted octanol–water partition coefficient (Wildman–Crippen LogP) is 4.55. The van der Waals surface area contributed by atoms with Crippen molar-refractivity contribution in [1.29, 1.82) is 0 Å². The minimum absolute atomic E-state index is 0.108. The Morgan fingerprint density at radius 1 is 1.03 bits per heavy atom. The van der Waals surface area contributed by atoms with Crippen LogP contribution in [0.25, 0.3) is 0 Å². The number of phenolic OH excluding ortho intramolecular Hbond substituents is 1. The summed E-state index contributed by atoms with van der Waals surface area (Å²) in [6, 6.07) is 4.47. The van der Waals surface area contributed by atoms with Gasteiger partial charge in [0.15, 0.2) is 5.75 Å². The third kappa shape index (κ3) is 4.89. The van der Waals surface area contributed by atoms with E-state index in [2.05, 4.69) is 10.6 Å². The van der Waals surface area contributed by atoms with Crippen LogP contribution in [0.3, 0.4) is 0 Å². The second-order valence-corrected chi connectivity index (χ2v) is 9.51. The van der Waals surface area contributed by atoms with Crippen LogP contribution in [-0.4, -0.2) is 30.0 Å². The average molecular weight is 493 g/mol. The van der Waals surface area contributed by atoms with Gasteiger partial charge < -0.3 is 25.1 Å². The number of aromatic hydroxyl groups is 1. The lowest BCUT2D eigenvalue weighted by atomic mass is 9.85. The van der Waals surface area contributed by atoms with E-state index in [-0.39, 0.29) is 17.1 Å². The van der Waals surface area contributed by atoms with E-state index in [1.54, 1.807) is 19.1 Å². The van der Waals surface area contributed by atoms with Gasteiger partial charge in [-0.15, -0.1) is 0 Å². The molecule has 0 aliphatic heterocycles. The zero-order valence-electron chi connectivity index (χ0n) is 20.0.